The van der Waals surface area contributed by atoms with Crippen LogP contribution in [0.3, 0.4) is 0 Å². The highest BCUT2D eigenvalue weighted by Crippen LogP contribution is 2.16. The molecule has 448 valence electrons. The van der Waals surface area contributed by atoms with E-state index in [1.165, 1.54) is 109 Å². The van der Waals surface area contributed by atoms with E-state index < -0.39 is 6.10 Å². The van der Waals surface area contributed by atoms with E-state index in [2.05, 4.69) is 154 Å². The van der Waals surface area contributed by atoms with Gasteiger partial charge in [-0.25, -0.2) is 0 Å². The summed E-state index contributed by atoms with van der Waals surface area (Å²) in [5.41, 5.74) is 0. The summed E-state index contributed by atoms with van der Waals surface area (Å²) >= 11 is 0. The Bertz CT molecular complexity index is 1680. The van der Waals surface area contributed by atoms with Crippen LogP contribution in [0.15, 0.2) is 134 Å². The van der Waals surface area contributed by atoms with Crippen molar-refractivity contribution < 1.29 is 28.6 Å². The fourth-order valence-electron chi connectivity index (χ4n) is 8.83. The van der Waals surface area contributed by atoms with Crippen molar-refractivity contribution in [2.24, 2.45) is 0 Å². The third-order valence-corrected chi connectivity index (χ3v) is 13.7. The molecule has 0 heterocycles. The first-order valence-corrected chi connectivity index (χ1v) is 32.7. The minimum atomic E-state index is -0.794. The fraction of sp³-hybridized carbons (Fsp3) is 0.658. The van der Waals surface area contributed by atoms with Gasteiger partial charge in [-0.2, -0.15) is 0 Å². The molecule has 0 bridgehead atoms. The Labute approximate surface area is 487 Å². The molecule has 0 saturated heterocycles. The van der Waals surface area contributed by atoms with Crippen molar-refractivity contribution in [3.05, 3.63) is 134 Å². The third kappa shape index (κ3) is 64.3. The molecule has 79 heavy (non-hydrogen) atoms. The van der Waals surface area contributed by atoms with Crippen LogP contribution < -0.4 is 0 Å². The van der Waals surface area contributed by atoms with Gasteiger partial charge in [0.25, 0.3) is 0 Å². The number of carbonyl (C=O) groups excluding carboxylic acids is 3. The standard InChI is InChI=1S/C73H120O6/c1-4-7-10-13-16-19-22-24-26-28-29-30-31-32-33-34-35-36-37-38-39-40-41-42-43-45-46-48-51-54-57-60-63-66-72(75)78-69-70(68-77-71(74)65-62-59-56-53-50-21-18-15-12-9-6-3)79-73(76)67-64-61-58-55-52-49-47-44-27-25-23-20-17-14-11-8-5-2/h7-8,10-11,16-17,19-20,24-27,29-30,32-33,35-36,38-39,47,49,70H,4-6,9,12-15,18,21-23,28,31,34,37,40-46,48,50-69H2,1-3H3/b10-7-,11-8-,19-16-,20-17-,26-24-,27-25-,30-29-,33-32-,36-35-,39-38-,49-47-. The zero-order chi connectivity index (χ0) is 57.1. The molecule has 0 saturated carbocycles. The van der Waals surface area contributed by atoms with E-state index in [1.807, 2.05) is 0 Å². The second-order valence-electron chi connectivity index (χ2n) is 21.3. The summed E-state index contributed by atoms with van der Waals surface area (Å²) in [6.07, 6.45) is 93.2. The predicted octanol–water partition coefficient (Wildman–Crippen LogP) is 22.5. The predicted molar refractivity (Wildman–Crippen MR) is 343 cm³/mol. The summed E-state index contributed by atoms with van der Waals surface area (Å²) in [7, 11) is 0. The van der Waals surface area contributed by atoms with Crippen LogP contribution in [-0.2, 0) is 28.6 Å². The quantitative estimate of drug-likeness (QED) is 0.0261. The maximum atomic E-state index is 12.9. The number of allylic oxidation sites excluding steroid dienone is 22. The van der Waals surface area contributed by atoms with Gasteiger partial charge in [-0.05, 0) is 116 Å². The van der Waals surface area contributed by atoms with Gasteiger partial charge in [-0.15, -0.1) is 0 Å². The number of ether oxygens (including phenoxy) is 3. The second kappa shape index (κ2) is 66.1. The first-order chi connectivity index (χ1) is 39.0. The van der Waals surface area contributed by atoms with Gasteiger partial charge < -0.3 is 14.2 Å². The van der Waals surface area contributed by atoms with Crippen LogP contribution in [0.4, 0.5) is 0 Å². The molecule has 0 amide bonds. The van der Waals surface area contributed by atoms with E-state index in [1.54, 1.807) is 0 Å². The monoisotopic (exact) mass is 1090 g/mol. The van der Waals surface area contributed by atoms with Crippen molar-refractivity contribution in [1.82, 2.24) is 0 Å². The molecule has 0 aliphatic carbocycles. The molecular formula is C73H120O6. The molecule has 1 unspecified atom stereocenters. The van der Waals surface area contributed by atoms with Gasteiger partial charge in [-0.3, -0.25) is 14.4 Å². The normalized spacial score (nSPS) is 13.0. The first kappa shape index (κ1) is 74.5. The Balaban J connectivity index is 4.24. The highest BCUT2D eigenvalue weighted by atomic mass is 16.6. The zero-order valence-corrected chi connectivity index (χ0v) is 51.3. The van der Waals surface area contributed by atoms with Crippen LogP contribution >= 0.6 is 0 Å². The molecule has 0 aliphatic rings. The number of hydrogen-bond acceptors (Lipinski definition) is 6. The molecule has 0 fully saturated rings. The van der Waals surface area contributed by atoms with E-state index in [-0.39, 0.29) is 31.1 Å². The lowest BCUT2D eigenvalue weighted by Gasteiger charge is -2.18. The van der Waals surface area contributed by atoms with Crippen molar-refractivity contribution in [1.29, 1.82) is 0 Å². The minimum absolute atomic E-state index is 0.0889. The van der Waals surface area contributed by atoms with Crippen LogP contribution in [-0.4, -0.2) is 37.2 Å². The smallest absolute Gasteiger partial charge is 0.306 e. The first-order valence-electron chi connectivity index (χ1n) is 32.7. The highest BCUT2D eigenvalue weighted by molar-refractivity contribution is 5.71. The van der Waals surface area contributed by atoms with Crippen LogP contribution in [0, 0.1) is 0 Å². The van der Waals surface area contributed by atoms with Gasteiger partial charge in [0, 0.05) is 19.3 Å². The molecular weight excluding hydrogens is 973 g/mol. The molecule has 0 aromatic heterocycles. The highest BCUT2D eigenvalue weighted by Gasteiger charge is 2.19. The molecule has 0 spiro atoms. The van der Waals surface area contributed by atoms with Gasteiger partial charge in [0.1, 0.15) is 13.2 Å². The van der Waals surface area contributed by atoms with E-state index in [9.17, 15) is 14.4 Å². The average Bonchev–Trinajstić information content (AvgIpc) is 3.45. The van der Waals surface area contributed by atoms with Crippen molar-refractivity contribution in [2.75, 3.05) is 13.2 Å². The van der Waals surface area contributed by atoms with Crippen LogP contribution in [0.25, 0.3) is 0 Å². The Morgan fingerprint density at radius 1 is 0.266 bits per heavy atom. The topological polar surface area (TPSA) is 78.9 Å². The third-order valence-electron chi connectivity index (χ3n) is 13.7. The van der Waals surface area contributed by atoms with Crippen molar-refractivity contribution in [3.63, 3.8) is 0 Å². The number of unbranched alkanes of at least 4 members (excludes halogenated alkanes) is 25. The SMILES string of the molecule is CC/C=C\C/C=C\C/C=C\C/C=C\C/C=C\C/C=C\C/C=C\CCCCCCCCCCCCCC(=O)OCC(COC(=O)CCCCCCCCCCCCC)OC(=O)CCCCCC/C=C\C/C=C\C/C=C\C/C=C\CC. The maximum absolute atomic E-state index is 12.9. The lowest BCUT2D eigenvalue weighted by Crippen LogP contribution is -2.30. The maximum Gasteiger partial charge on any atom is 0.306 e. The summed E-state index contributed by atoms with van der Waals surface area (Å²) in [5.74, 6) is -0.913. The number of esters is 3. The summed E-state index contributed by atoms with van der Waals surface area (Å²) < 4.78 is 16.9. The Hall–Kier alpha value is -4.45. The Morgan fingerprint density at radius 2 is 0.494 bits per heavy atom. The summed E-state index contributed by atoms with van der Waals surface area (Å²) in [4.78, 5) is 38.2. The van der Waals surface area contributed by atoms with Crippen molar-refractivity contribution in [3.8, 4) is 0 Å². The average molecular weight is 1090 g/mol. The van der Waals surface area contributed by atoms with Gasteiger partial charge >= 0.3 is 17.9 Å². The fourth-order valence-corrected chi connectivity index (χ4v) is 8.83. The number of rotatable bonds is 58. The zero-order valence-electron chi connectivity index (χ0n) is 51.3. The minimum Gasteiger partial charge on any atom is -0.462 e. The summed E-state index contributed by atoms with van der Waals surface area (Å²) in [6.45, 7) is 6.39. The molecule has 0 N–H and O–H groups in total. The number of hydrogen-bond donors (Lipinski definition) is 0. The molecule has 0 aromatic carbocycles. The lowest BCUT2D eigenvalue weighted by atomic mass is 10.0. The van der Waals surface area contributed by atoms with E-state index >= 15 is 0 Å². The van der Waals surface area contributed by atoms with E-state index in [4.69, 9.17) is 14.2 Å². The molecule has 1 atom stereocenters. The van der Waals surface area contributed by atoms with Crippen LogP contribution in [0.2, 0.25) is 0 Å². The molecule has 0 aliphatic heterocycles. The second-order valence-corrected chi connectivity index (χ2v) is 21.3. The molecule has 0 rings (SSSR count). The van der Waals surface area contributed by atoms with Crippen molar-refractivity contribution >= 4 is 17.9 Å². The molecule has 6 heteroatoms. The Morgan fingerprint density at radius 3 is 0.772 bits per heavy atom. The van der Waals surface area contributed by atoms with Crippen molar-refractivity contribution in [2.45, 2.75) is 297 Å². The lowest BCUT2D eigenvalue weighted by molar-refractivity contribution is -0.167. The van der Waals surface area contributed by atoms with Gasteiger partial charge in [0.05, 0.1) is 0 Å². The molecule has 6 nitrogen and oxygen atoms in total. The van der Waals surface area contributed by atoms with E-state index in [0.717, 1.165) is 141 Å². The number of carbonyl (C=O) groups is 3. The van der Waals surface area contributed by atoms with E-state index in [0.29, 0.717) is 19.3 Å². The Kier molecular flexibility index (Phi) is 62.3. The summed E-state index contributed by atoms with van der Waals surface area (Å²) in [5, 5.41) is 0. The van der Waals surface area contributed by atoms with Gasteiger partial charge in [0.15, 0.2) is 6.10 Å². The van der Waals surface area contributed by atoms with Crippen LogP contribution in [0.1, 0.15) is 290 Å². The summed E-state index contributed by atoms with van der Waals surface area (Å²) in [6, 6.07) is 0. The largest absolute Gasteiger partial charge is 0.462 e. The van der Waals surface area contributed by atoms with Gasteiger partial charge in [-0.1, -0.05) is 289 Å². The molecule has 0 radical (unpaired) electrons. The molecule has 0 aromatic rings. The van der Waals surface area contributed by atoms with Crippen LogP contribution in [0.5, 0.6) is 0 Å². The van der Waals surface area contributed by atoms with Gasteiger partial charge in [0.2, 0.25) is 0 Å².